The maximum atomic E-state index is 10.4. The van der Waals surface area contributed by atoms with Crippen LogP contribution in [0.15, 0.2) is 6.07 Å². The zero-order valence-corrected chi connectivity index (χ0v) is 26.1. The average Bonchev–Trinajstić information content (AvgIpc) is 3.10. The molecule has 8 heteroatoms. The van der Waals surface area contributed by atoms with Crippen LogP contribution in [0.25, 0.3) is 0 Å². The highest BCUT2D eigenvalue weighted by Gasteiger charge is 2.50. The number of nitrogens with zero attached hydrogens (tertiary/aromatic N) is 3. The van der Waals surface area contributed by atoms with E-state index in [9.17, 15) is 10.5 Å². The Kier molecular flexibility index (Phi) is 6.68. The summed E-state index contributed by atoms with van der Waals surface area (Å²) in [7, 11) is 0. The van der Waals surface area contributed by atoms with Crippen molar-refractivity contribution in [3.63, 3.8) is 0 Å². The van der Waals surface area contributed by atoms with Crippen molar-refractivity contribution in [1.29, 1.82) is 10.5 Å². The van der Waals surface area contributed by atoms with E-state index in [2.05, 4.69) is 64.6 Å². The van der Waals surface area contributed by atoms with Crippen molar-refractivity contribution in [2.24, 2.45) is 5.41 Å². The normalized spacial score (nSPS) is 25.7. The predicted octanol–water partition coefficient (Wildman–Crippen LogP) is 7.08. The first kappa shape index (κ1) is 28.6. The molecule has 0 spiro atoms. The summed E-state index contributed by atoms with van der Waals surface area (Å²) < 4.78 is 31.3. The van der Waals surface area contributed by atoms with Crippen LogP contribution in [-0.2, 0) is 22.1 Å². The molecule has 6 rings (SSSR count). The first-order chi connectivity index (χ1) is 19.8. The summed E-state index contributed by atoms with van der Waals surface area (Å²) >= 11 is 0. The molecule has 2 aromatic carbocycles. The van der Waals surface area contributed by atoms with E-state index in [1.807, 2.05) is 13.8 Å². The van der Waals surface area contributed by atoms with Gasteiger partial charge in [-0.05, 0) is 60.1 Å². The summed E-state index contributed by atoms with van der Waals surface area (Å²) in [4.78, 5) is 2.40. The Hall–Kier alpha value is -3.46. The molecule has 0 bridgehead atoms. The molecular formula is C34H41N3O5. The summed E-state index contributed by atoms with van der Waals surface area (Å²) in [5, 5.41) is 20.6. The number of ether oxygens (including phenoxy) is 5. The van der Waals surface area contributed by atoms with E-state index in [-0.39, 0.29) is 62.6 Å². The van der Waals surface area contributed by atoms with Gasteiger partial charge in [-0.25, -0.2) is 0 Å². The summed E-state index contributed by atoms with van der Waals surface area (Å²) in [6.07, 6.45) is 1.42. The summed E-state index contributed by atoms with van der Waals surface area (Å²) in [5.41, 5.74) is 3.94. The molecule has 3 heterocycles. The van der Waals surface area contributed by atoms with Gasteiger partial charge in [-0.1, -0.05) is 41.5 Å². The van der Waals surface area contributed by atoms with Crippen molar-refractivity contribution in [2.45, 2.75) is 97.8 Å². The second-order valence-corrected chi connectivity index (χ2v) is 14.5. The molecule has 0 saturated carbocycles. The molecular weight excluding hydrogens is 530 g/mol. The Labute approximate surface area is 249 Å². The highest BCUT2D eigenvalue weighted by atomic mass is 16.6. The molecule has 1 saturated heterocycles. The molecule has 4 aliphatic rings. The van der Waals surface area contributed by atoms with Crippen molar-refractivity contribution in [3.05, 3.63) is 33.9 Å². The van der Waals surface area contributed by atoms with Crippen molar-refractivity contribution < 1.29 is 23.7 Å². The molecule has 0 radical (unpaired) electrons. The summed E-state index contributed by atoms with van der Waals surface area (Å²) in [6.45, 7) is 21.4. The lowest BCUT2D eigenvalue weighted by Crippen LogP contribution is -2.37. The predicted molar refractivity (Wildman–Crippen MR) is 158 cm³/mol. The van der Waals surface area contributed by atoms with Gasteiger partial charge in [0.05, 0.1) is 13.2 Å². The Bertz CT molecular complexity index is 1540. The van der Waals surface area contributed by atoms with Gasteiger partial charge in [-0.15, -0.1) is 0 Å². The molecule has 222 valence electrons. The lowest BCUT2D eigenvalue weighted by molar-refractivity contribution is 0.0335. The fourth-order valence-corrected chi connectivity index (χ4v) is 7.78. The third-order valence-corrected chi connectivity index (χ3v) is 9.14. The number of rotatable bonds is 3. The van der Waals surface area contributed by atoms with Gasteiger partial charge < -0.3 is 23.7 Å². The average molecular weight is 572 g/mol. The molecule has 3 aliphatic heterocycles. The van der Waals surface area contributed by atoms with Crippen molar-refractivity contribution in [1.82, 2.24) is 4.90 Å². The van der Waals surface area contributed by atoms with Crippen LogP contribution in [0.1, 0.15) is 96.0 Å². The van der Waals surface area contributed by atoms with E-state index in [0.29, 0.717) is 31.3 Å². The third-order valence-electron chi connectivity index (χ3n) is 9.14. The number of benzene rings is 2. The van der Waals surface area contributed by atoms with E-state index in [4.69, 9.17) is 23.7 Å². The van der Waals surface area contributed by atoms with Crippen LogP contribution in [0.4, 0.5) is 0 Å². The van der Waals surface area contributed by atoms with Crippen molar-refractivity contribution >= 4 is 0 Å². The number of hydrogen-bond donors (Lipinski definition) is 0. The Morgan fingerprint density at radius 2 is 1.45 bits per heavy atom. The van der Waals surface area contributed by atoms with Gasteiger partial charge in [-0.3, -0.25) is 4.90 Å². The van der Waals surface area contributed by atoms with Crippen LogP contribution < -0.4 is 18.9 Å². The fourth-order valence-electron chi connectivity index (χ4n) is 7.78. The van der Waals surface area contributed by atoms with Crippen LogP contribution in [-0.4, -0.2) is 43.4 Å². The van der Waals surface area contributed by atoms with E-state index in [0.717, 1.165) is 31.5 Å². The van der Waals surface area contributed by atoms with Gasteiger partial charge in [0.1, 0.15) is 35.5 Å². The lowest BCUT2D eigenvalue weighted by atomic mass is 9.69. The first-order valence-corrected chi connectivity index (χ1v) is 15.0. The van der Waals surface area contributed by atoms with Crippen LogP contribution in [0.3, 0.4) is 0 Å². The van der Waals surface area contributed by atoms with Crippen molar-refractivity contribution in [3.8, 4) is 46.6 Å². The van der Waals surface area contributed by atoms with Gasteiger partial charge in [-0.2, -0.15) is 10.5 Å². The van der Waals surface area contributed by atoms with Gasteiger partial charge >= 0.3 is 0 Å². The number of morpholine rings is 1. The number of hydrogen-bond acceptors (Lipinski definition) is 8. The molecule has 2 aromatic rings. The Morgan fingerprint density at radius 1 is 0.881 bits per heavy atom. The molecule has 1 aliphatic carbocycles. The SMILES string of the molecule is CC1Oc2c(C#N)c3c(c(C#N)c2OC1C)Oc1c(cc2c(c1CN1CCOCC1)C(C)(CC(C)(C)C)CC2(C)C)O3. The van der Waals surface area contributed by atoms with Crippen LogP contribution in [0, 0.1) is 28.1 Å². The van der Waals surface area contributed by atoms with E-state index in [1.54, 1.807) is 0 Å². The Morgan fingerprint density at radius 3 is 2.00 bits per heavy atom. The molecule has 3 unspecified atom stereocenters. The maximum absolute atomic E-state index is 10.4. The molecule has 1 fully saturated rings. The van der Waals surface area contributed by atoms with E-state index >= 15 is 0 Å². The molecule has 0 amide bonds. The van der Waals surface area contributed by atoms with Gasteiger partial charge in [0.15, 0.2) is 34.5 Å². The summed E-state index contributed by atoms with van der Waals surface area (Å²) in [6, 6.07) is 6.63. The minimum absolute atomic E-state index is 0.0916. The van der Waals surface area contributed by atoms with Crippen LogP contribution >= 0.6 is 0 Å². The lowest BCUT2D eigenvalue weighted by Gasteiger charge is -2.38. The molecule has 8 nitrogen and oxygen atoms in total. The van der Waals surface area contributed by atoms with Crippen LogP contribution in [0.2, 0.25) is 0 Å². The van der Waals surface area contributed by atoms with Gasteiger partial charge in [0.2, 0.25) is 0 Å². The first-order valence-electron chi connectivity index (χ1n) is 15.0. The van der Waals surface area contributed by atoms with Crippen molar-refractivity contribution in [2.75, 3.05) is 26.3 Å². The second kappa shape index (κ2) is 9.79. The monoisotopic (exact) mass is 571 g/mol. The van der Waals surface area contributed by atoms with Crippen LogP contribution in [0.5, 0.6) is 34.5 Å². The highest BCUT2D eigenvalue weighted by molar-refractivity contribution is 5.77. The quantitative estimate of drug-likeness (QED) is 0.329. The number of nitriles is 2. The Balaban J connectivity index is 1.59. The maximum Gasteiger partial charge on any atom is 0.193 e. The standard InChI is InChI=1S/C34H41N3O5/c1-19-20(2)40-29-22(15-36)31-30(21(14-35)28(29)39-19)41-25-13-24-26(34(8,17-32(3,4)5)18-33(24,6)7)23(27(25)42-31)16-37-9-11-38-12-10-37/h13,19-20H,9-12,16-18H2,1-8H3. The molecule has 42 heavy (non-hydrogen) atoms. The minimum atomic E-state index is -0.300. The smallest absolute Gasteiger partial charge is 0.193 e. The number of fused-ring (bicyclic) bond motifs is 4. The van der Waals surface area contributed by atoms with E-state index < -0.39 is 0 Å². The topological polar surface area (TPSA) is 97.0 Å². The fraction of sp³-hybridized carbons (Fsp3) is 0.588. The van der Waals surface area contributed by atoms with Gasteiger partial charge in [0.25, 0.3) is 0 Å². The largest absolute Gasteiger partial charge is 0.481 e. The zero-order chi connectivity index (χ0) is 30.2. The zero-order valence-electron chi connectivity index (χ0n) is 26.1. The molecule has 0 N–H and O–H groups in total. The van der Waals surface area contributed by atoms with E-state index in [1.165, 1.54) is 11.1 Å². The highest BCUT2D eigenvalue weighted by Crippen LogP contribution is 2.62. The van der Waals surface area contributed by atoms with Gasteiger partial charge in [0, 0.05) is 25.2 Å². The minimum Gasteiger partial charge on any atom is -0.481 e. The molecule has 3 atom stereocenters. The third kappa shape index (κ3) is 4.57. The summed E-state index contributed by atoms with van der Waals surface area (Å²) in [5.74, 6) is 2.07. The molecule has 0 aromatic heterocycles. The second-order valence-electron chi connectivity index (χ2n) is 14.5.